The molecule has 0 saturated heterocycles. The molecule has 0 aliphatic heterocycles. The highest BCUT2D eigenvalue weighted by Crippen LogP contribution is 2.05. The van der Waals surface area contributed by atoms with Gasteiger partial charge in [-0.3, -0.25) is 4.90 Å². The van der Waals surface area contributed by atoms with Crippen molar-refractivity contribution in [2.45, 2.75) is 33.2 Å². The van der Waals surface area contributed by atoms with Crippen LogP contribution in [0.4, 0.5) is 0 Å². The number of hydrogen-bond donors (Lipinski definition) is 0. The van der Waals surface area contributed by atoms with Crippen LogP contribution in [0.15, 0.2) is 22.8 Å². The first kappa shape index (κ1) is 10.3. The minimum Gasteiger partial charge on any atom is -0.468 e. The Morgan fingerprint density at radius 3 is 2.77 bits per heavy atom. The number of rotatable bonds is 6. The standard InChI is InChI=1S/C11H19NO/c1-3-5-8-12(4-2)10-11-7-6-9-13-11/h6-7,9H,3-5,8,10H2,1-2H3. The summed E-state index contributed by atoms with van der Waals surface area (Å²) in [6.45, 7) is 7.64. The molecule has 0 atom stereocenters. The highest BCUT2D eigenvalue weighted by Gasteiger charge is 2.03. The number of unbranched alkanes of at least 4 members (excludes halogenated alkanes) is 1. The van der Waals surface area contributed by atoms with Crippen LogP contribution in [0.1, 0.15) is 32.4 Å². The Labute approximate surface area is 80.5 Å². The Balaban J connectivity index is 2.31. The first-order valence-electron chi connectivity index (χ1n) is 5.11. The molecule has 0 aliphatic carbocycles. The van der Waals surface area contributed by atoms with Crippen LogP contribution in [0.2, 0.25) is 0 Å². The normalized spacial score (nSPS) is 11.0. The van der Waals surface area contributed by atoms with Crippen molar-refractivity contribution >= 4 is 0 Å². The quantitative estimate of drug-likeness (QED) is 0.671. The van der Waals surface area contributed by atoms with Crippen LogP contribution in [0.25, 0.3) is 0 Å². The summed E-state index contributed by atoms with van der Waals surface area (Å²) in [5.41, 5.74) is 0. The van der Waals surface area contributed by atoms with Gasteiger partial charge in [-0.2, -0.15) is 0 Å². The van der Waals surface area contributed by atoms with Gasteiger partial charge in [0, 0.05) is 0 Å². The average molecular weight is 181 g/mol. The van der Waals surface area contributed by atoms with Crippen molar-refractivity contribution in [1.82, 2.24) is 4.90 Å². The molecule has 0 amide bonds. The van der Waals surface area contributed by atoms with E-state index < -0.39 is 0 Å². The molecule has 0 aromatic carbocycles. The molecular weight excluding hydrogens is 162 g/mol. The molecule has 0 bridgehead atoms. The lowest BCUT2D eigenvalue weighted by Gasteiger charge is -2.18. The summed E-state index contributed by atoms with van der Waals surface area (Å²) in [4.78, 5) is 2.41. The van der Waals surface area contributed by atoms with E-state index in [9.17, 15) is 0 Å². The zero-order valence-electron chi connectivity index (χ0n) is 8.62. The molecule has 0 spiro atoms. The maximum atomic E-state index is 5.30. The Hall–Kier alpha value is -0.760. The molecule has 1 heterocycles. The Morgan fingerprint density at radius 1 is 1.38 bits per heavy atom. The highest BCUT2D eigenvalue weighted by atomic mass is 16.3. The molecule has 0 saturated carbocycles. The summed E-state index contributed by atoms with van der Waals surface area (Å²) < 4.78 is 5.30. The first-order chi connectivity index (χ1) is 6.36. The van der Waals surface area contributed by atoms with Gasteiger partial charge in [0.2, 0.25) is 0 Å². The predicted molar refractivity (Wildman–Crippen MR) is 54.6 cm³/mol. The van der Waals surface area contributed by atoms with Crippen molar-refractivity contribution in [3.05, 3.63) is 24.2 Å². The summed E-state index contributed by atoms with van der Waals surface area (Å²) in [6.07, 6.45) is 4.27. The molecule has 2 nitrogen and oxygen atoms in total. The van der Waals surface area contributed by atoms with Gasteiger partial charge in [0.15, 0.2) is 0 Å². The first-order valence-corrected chi connectivity index (χ1v) is 5.11. The molecule has 0 unspecified atom stereocenters. The van der Waals surface area contributed by atoms with Crippen molar-refractivity contribution < 1.29 is 4.42 Å². The minimum atomic E-state index is 0.948. The molecule has 0 N–H and O–H groups in total. The molecule has 0 fully saturated rings. The third kappa shape index (κ3) is 3.64. The second kappa shape index (κ2) is 5.81. The monoisotopic (exact) mass is 181 g/mol. The predicted octanol–water partition coefficient (Wildman–Crippen LogP) is 2.90. The Bertz CT molecular complexity index is 206. The molecule has 1 rings (SSSR count). The Morgan fingerprint density at radius 2 is 2.23 bits per heavy atom. The van der Waals surface area contributed by atoms with Crippen LogP contribution < -0.4 is 0 Å². The number of furan rings is 1. The number of nitrogens with zero attached hydrogens (tertiary/aromatic N) is 1. The van der Waals surface area contributed by atoms with Crippen LogP contribution in [-0.2, 0) is 6.54 Å². The molecule has 74 valence electrons. The maximum Gasteiger partial charge on any atom is 0.117 e. The highest BCUT2D eigenvalue weighted by molar-refractivity contribution is 4.97. The van der Waals surface area contributed by atoms with Crippen molar-refractivity contribution in [1.29, 1.82) is 0 Å². The van der Waals surface area contributed by atoms with E-state index in [-0.39, 0.29) is 0 Å². The van der Waals surface area contributed by atoms with Gasteiger partial charge >= 0.3 is 0 Å². The fraction of sp³-hybridized carbons (Fsp3) is 0.636. The van der Waals surface area contributed by atoms with Gasteiger partial charge in [0.25, 0.3) is 0 Å². The van der Waals surface area contributed by atoms with Gasteiger partial charge in [-0.05, 0) is 31.6 Å². The smallest absolute Gasteiger partial charge is 0.117 e. The third-order valence-electron chi connectivity index (χ3n) is 2.23. The van der Waals surface area contributed by atoms with E-state index in [0.717, 1.165) is 18.8 Å². The van der Waals surface area contributed by atoms with Gasteiger partial charge in [-0.15, -0.1) is 0 Å². The van der Waals surface area contributed by atoms with Crippen molar-refractivity contribution in [2.75, 3.05) is 13.1 Å². The fourth-order valence-electron chi connectivity index (χ4n) is 1.35. The van der Waals surface area contributed by atoms with E-state index in [2.05, 4.69) is 18.7 Å². The average Bonchev–Trinajstić information content (AvgIpc) is 2.64. The second-order valence-corrected chi connectivity index (χ2v) is 3.30. The minimum absolute atomic E-state index is 0.948. The van der Waals surface area contributed by atoms with Gasteiger partial charge < -0.3 is 4.42 Å². The summed E-state index contributed by atoms with van der Waals surface area (Å²) in [6, 6.07) is 3.98. The molecular formula is C11H19NO. The van der Waals surface area contributed by atoms with Crippen LogP contribution in [0.5, 0.6) is 0 Å². The molecule has 2 heteroatoms. The Kier molecular flexibility index (Phi) is 4.61. The van der Waals surface area contributed by atoms with Crippen LogP contribution in [0, 0.1) is 0 Å². The fourth-order valence-corrected chi connectivity index (χ4v) is 1.35. The lowest BCUT2D eigenvalue weighted by molar-refractivity contribution is 0.252. The van der Waals surface area contributed by atoms with Crippen LogP contribution in [0.3, 0.4) is 0 Å². The SMILES string of the molecule is CCCCN(CC)Cc1ccco1. The molecule has 1 aromatic heterocycles. The summed E-state index contributed by atoms with van der Waals surface area (Å²) in [5, 5.41) is 0. The van der Waals surface area contributed by atoms with Crippen LogP contribution >= 0.6 is 0 Å². The zero-order valence-corrected chi connectivity index (χ0v) is 8.62. The van der Waals surface area contributed by atoms with Crippen molar-refractivity contribution in [2.24, 2.45) is 0 Å². The maximum absolute atomic E-state index is 5.30. The largest absolute Gasteiger partial charge is 0.468 e. The van der Waals surface area contributed by atoms with Gasteiger partial charge in [-0.25, -0.2) is 0 Å². The zero-order chi connectivity index (χ0) is 9.52. The lowest BCUT2D eigenvalue weighted by Crippen LogP contribution is -2.23. The van der Waals surface area contributed by atoms with Crippen molar-refractivity contribution in [3.63, 3.8) is 0 Å². The van der Waals surface area contributed by atoms with Crippen molar-refractivity contribution in [3.8, 4) is 0 Å². The van der Waals surface area contributed by atoms with Gasteiger partial charge in [0.1, 0.15) is 5.76 Å². The summed E-state index contributed by atoms with van der Waals surface area (Å²) in [7, 11) is 0. The number of hydrogen-bond acceptors (Lipinski definition) is 2. The second-order valence-electron chi connectivity index (χ2n) is 3.30. The topological polar surface area (TPSA) is 16.4 Å². The third-order valence-corrected chi connectivity index (χ3v) is 2.23. The molecule has 13 heavy (non-hydrogen) atoms. The van der Waals surface area contributed by atoms with Gasteiger partial charge in [-0.1, -0.05) is 20.3 Å². The van der Waals surface area contributed by atoms with Gasteiger partial charge in [0.05, 0.1) is 12.8 Å². The summed E-state index contributed by atoms with van der Waals surface area (Å²) in [5.74, 6) is 1.07. The van der Waals surface area contributed by atoms with E-state index in [1.54, 1.807) is 6.26 Å². The van der Waals surface area contributed by atoms with E-state index >= 15 is 0 Å². The van der Waals surface area contributed by atoms with E-state index in [1.807, 2.05) is 12.1 Å². The molecule has 1 aromatic rings. The molecule has 0 aliphatic rings. The van der Waals surface area contributed by atoms with E-state index in [0.29, 0.717) is 0 Å². The van der Waals surface area contributed by atoms with E-state index in [1.165, 1.54) is 19.4 Å². The molecule has 0 radical (unpaired) electrons. The summed E-state index contributed by atoms with van der Waals surface area (Å²) >= 11 is 0. The lowest BCUT2D eigenvalue weighted by atomic mass is 10.3. The van der Waals surface area contributed by atoms with Crippen LogP contribution in [-0.4, -0.2) is 18.0 Å². The van der Waals surface area contributed by atoms with E-state index in [4.69, 9.17) is 4.42 Å².